The molecule has 1 amide bonds. The van der Waals surface area contributed by atoms with Crippen molar-refractivity contribution in [2.75, 3.05) is 7.11 Å². The third kappa shape index (κ3) is 2.07. The van der Waals surface area contributed by atoms with Crippen molar-refractivity contribution in [2.24, 2.45) is 5.41 Å². The highest BCUT2D eigenvalue weighted by atomic mass is 32.1. The summed E-state index contributed by atoms with van der Waals surface area (Å²) in [6.07, 6.45) is 5.25. The minimum absolute atomic E-state index is 0.0851. The molecule has 0 unspecified atom stereocenters. The van der Waals surface area contributed by atoms with Crippen molar-refractivity contribution in [2.45, 2.75) is 44.2 Å². The first-order valence-electron chi connectivity index (χ1n) is 7.88. The molecule has 0 aliphatic heterocycles. The Bertz CT molecular complexity index is 708. The normalized spacial score (nSPS) is 25.7. The van der Waals surface area contributed by atoms with Gasteiger partial charge in [0.2, 0.25) is 5.91 Å². The van der Waals surface area contributed by atoms with Gasteiger partial charge in [0.05, 0.1) is 22.9 Å². The molecule has 0 radical (unpaired) electrons. The number of hydrogen-bond donors (Lipinski definition) is 1. The first-order valence-corrected chi connectivity index (χ1v) is 8.66. The zero-order valence-corrected chi connectivity index (χ0v) is 13.5. The highest BCUT2D eigenvalue weighted by Gasteiger charge is 2.59. The van der Waals surface area contributed by atoms with Crippen molar-refractivity contribution in [1.29, 1.82) is 0 Å². The summed E-state index contributed by atoms with van der Waals surface area (Å²) >= 11 is 1.46. The lowest BCUT2D eigenvalue weighted by Gasteiger charge is -2.60. The lowest BCUT2D eigenvalue weighted by Crippen LogP contribution is -2.67. The van der Waals surface area contributed by atoms with Gasteiger partial charge in [-0.05, 0) is 36.9 Å². The summed E-state index contributed by atoms with van der Waals surface area (Å²) in [5.74, 6) is 0.0851. The molecule has 2 fully saturated rings. The number of aromatic nitrogens is 1. The first kappa shape index (κ1) is 14.2. The summed E-state index contributed by atoms with van der Waals surface area (Å²) in [6, 6.07) is 8.37. The fourth-order valence-electron chi connectivity index (χ4n) is 4.00. The van der Waals surface area contributed by atoms with Crippen molar-refractivity contribution in [3.05, 3.63) is 30.0 Å². The molecular weight excluding hydrogens is 296 g/mol. The van der Waals surface area contributed by atoms with Gasteiger partial charge in [-0.1, -0.05) is 24.6 Å². The zero-order chi connectivity index (χ0) is 15.2. The number of amides is 1. The quantitative estimate of drug-likeness (QED) is 0.943. The minimum atomic E-state index is 0.0851. The number of benzene rings is 1. The Balaban J connectivity index is 1.43. The predicted molar refractivity (Wildman–Crippen MR) is 87.0 cm³/mol. The number of fused-ring (bicyclic) bond motifs is 1. The summed E-state index contributed by atoms with van der Waals surface area (Å²) in [6.45, 7) is 0. The molecule has 2 aliphatic carbocycles. The van der Waals surface area contributed by atoms with E-state index < -0.39 is 0 Å². The van der Waals surface area contributed by atoms with Gasteiger partial charge in [0, 0.05) is 24.0 Å². The van der Waals surface area contributed by atoms with E-state index in [9.17, 15) is 4.79 Å². The second kappa shape index (κ2) is 5.32. The molecule has 0 saturated heterocycles. The van der Waals surface area contributed by atoms with Crippen LogP contribution in [0, 0.1) is 5.41 Å². The molecule has 1 N–H and O–H groups in total. The summed E-state index contributed by atoms with van der Waals surface area (Å²) in [5, 5.41) is 4.32. The topological polar surface area (TPSA) is 51.2 Å². The molecule has 4 nitrogen and oxygen atoms in total. The monoisotopic (exact) mass is 316 g/mol. The van der Waals surface area contributed by atoms with E-state index in [1.54, 1.807) is 7.11 Å². The second-order valence-electron chi connectivity index (χ2n) is 6.47. The van der Waals surface area contributed by atoms with Gasteiger partial charge in [0.25, 0.3) is 0 Å². The van der Waals surface area contributed by atoms with Crippen LogP contribution in [0.3, 0.4) is 0 Å². The van der Waals surface area contributed by atoms with Crippen LogP contribution >= 0.6 is 11.5 Å². The number of ether oxygens (including phenoxy) is 1. The van der Waals surface area contributed by atoms with E-state index in [2.05, 4.69) is 9.69 Å². The fraction of sp³-hybridized carbons (Fsp3) is 0.529. The number of rotatable bonds is 4. The lowest BCUT2D eigenvalue weighted by atomic mass is 9.51. The standard InChI is InChI=1S/C17H20N2O2S/c1-21-15-10-14(17(15)7-4-8-17)18-16(20)9-12-11-5-2-3-6-13(11)22-19-12/h2-3,5-6,14-15H,4,7-10H2,1H3,(H,18,20)/t14-,15-/m0/s1. The van der Waals surface area contributed by atoms with Crippen LogP contribution in [0.1, 0.15) is 31.4 Å². The predicted octanol–water partition coefficient (Wildman–Crippen LogP) is 2.91. The maximum Gasteiger partial charge on any atom is 0.226 e. The highest BCUT2D eigenvalue weighted by Crippen LogP contribution is 2.57. The highest BCUT2D eigenvalue weighted by molar-refractivity contribution is 7.13. The molecule has 1 aromatic carbocycles. The summed E-state index contributed by atoms with van der Waals surface area (Å²) in [4.78, 5) is 12.4. The number of nitrogens with zero attached hydrogens (tertiary/aromatic N) is 1. The number of methoxy groups -OCH3 is 1. The molecule has 1 heterocycles. The molecule has 0 bridgehead atoms. The van der Waals surface area contributed by atoms with Crippen LogP contribution in [0.15, 0.2) is 24.3 Å². The maximum atomic E-state index is 12.4. The summed E-state index contributed by atoms with van der Waals surface area (Å²) < 4.78 is 11.1. The average molecular weight is 316 g/mol. The third-order valence-electron chi connectivity index (χ3n) is 5.47. The molecule has 4 rings (SSSR count). The van der Waals surface area contributed by atoms with Crippen molar-refractivity contribution in [3.63, 3.8) is 0 Å². The Hall–Kier alpha value is -1.46. The number of hydrogen-bond acceptors (Lipinski definition) is 4. The molecular formula is C17H20N2O2S. The van der Waals surface area contributed by atoms with E-state index >= 15 is 0 Å². The smallest absolute Gasteiger partial charge is 0.226 e. The zero-order valence-electron chi connectivity index (χ0n) is 12.7. The SMILES string of the molecule is CO[C@H]1C[C@H](NC(=O)Cc2nsc3ccccc23)C12CCC2. The van der Waals surface area contributed by atoms with Crippen molar-refractivity contribution in [1.82, 2.24) is 9.69 Å². The van der Waals surface area contributed by atoms with Crippen molar-refractivity contribution >= 4 is 27.5 Å². The second-order valence-corrected chi connectivity index (χ2v) is 7.27. The van der Waals surface area contributed by atoms with Crippen LogP contribution < -0.4 is 5.32 Å². The molecule has 116 valence electrons. The molecule has 2 saturated carbocycles. The number of carbonyl (C=O) groups is 1. The van der Waals surface area contributed by atoms with E-state index in [0.29, 0.717) is 12.5 Å². The first-order chi connectivity index (χ1) is 10.7. The van der Waals surface area contributed by atoms with Crippen LogP contribution in [0.2, 0.25) is 0 Å². The third-order valence-corrected chi connectivity index (χ3v) is 6.33. The Kier molecular flexibility index (Phi) is 3.42. The van der Waals surface area contributed by atoms with Gasteiger partial charge in [0.1, 0.15) is 0 Å². The fourth-order valence-corrected chi connectivity index (χ4v) is 4.79. The Morgan fingerprint density at radius 2 is 2.27 bits per heavy atom. The van der Waals surface area contributed by atoms with E-state index in [4.69, 9.17) is 4.74 Å². The van der Waals surface area contributed by atoms with Gasteiger partial charge in [-0.2, -0.15) is 4.37 Å². The van der Waals surface area contributed by atoms with E-state index in [0.717, 1.165) is 22.2 Å². The summed E-state index contributed by atoms with van der Waals surface area (Å²) in [7, 11) is 1.78. The Labute approximate surface area is 134 Å². The summed E-state index contributed by atoms with van der Waals surface area (Å²) in [5.41, 5.74) is 1.11. The van der Waals surface area contributed by atoms with Crippen LogP contribution in [0.5, 0.6) is 0 Å². The van der Waals surface area contributed by atoms with Gasteiger partial charge in [-0.3, -0.25) is 4.79 Å². The molecule has 2 atom stereocenters. The van der Waals surface area contributed by atoms with Gasteiger partial charge >= 0.3 is 0 Å². The van der Waals surface area contributed by atoms with Gasteiger partial charge in [0.15, 0.2) is 0 Å². The number of nitrogens with one attached hydrogen (secondary N) is 1. The molecule has 5 heteroatoms. The van der Waals surface area contributed by atoms with Gasteiger partial charge in [-0.15, -0.1) is 0 Å². The minimum Gasteiger partial charge on any atom is -0.381 e. The average Bonchev–Trinajstić information content (AvgIpc) is 2.85. The van der Waals surface area contributed by atoms with Crippen LogP contribution in [-0.4, -0.2) is 29.5 Å². The van der Waals surface area contributed by atoms with Crippen LogP contribution in [0.4, 0.5) is 0 Å². The Morgan fingerprint density at radius 3 is 3.00 bits per heavy atom. The van der Waals surface area contributed by atoms with E-state index in [1.807, 2.05) is 24.3 Å². The molecule has 1 aromatic heterocycles. The van der Waals surface area contributed by atoms with Crippen LogP contribution in [-0.2, 0) is 16.0 Å². The Morgan fingerprint density at radius 1 is 1.45 bits per heavy atom. The maximum absolute atomic E-state index is 12.4. The van der Waals surface area contributed by atoms with Crippen LogP contribution in [0.25, 0.3) is 10.1 Å². The van der Waals surface area contributed by atoms with E-state index in [-0.39, 0.29) is 17.4 Å². The largest absolute Gasteiger partial charge is 0.381 e. The van der Waals surface area contributed by atoms with E-state index in [1.165, 1.54) is 30.8 Å². The molecule has 1 spiro atoms. The molecule has 2 aromatic rings. The molecule has 2 aliphatic rings. The van der Waals surface area contributed by atoms with Gasteiger partial charge in [-0.25, -0.2) is 0 Å². The van der Waals surface area contributed by atoms with Crippen molar-refractivity contribution < 1.29 is 9.53 Å². The lowest BCUT2D eigenvalue weighted by molar-refractivity contribution is -0.166. The number of carbonyl (C=O) groups excluding carboxylic acids is 1. The molecule has 22 heavy (non-hydrogen) atoms. The van der Waals surface area contributed by atoms with Crippen molar-refractivity contribution in [3.8, 4) is 0 Å². The van der Waals surface area contributed by atoms with Gasteiger partial charge < -0.3 is 10.1 Å².